The van der Waals surface area contributed by atoms with Crippen LogP contribution in [0.3, 0.4) is 0 Å². The van der Waals surface area contributed by atoms with E-state index in [1.54, 1.807) is 0 Å². The second-order valence-electron chi connectivity index (χ2n) is 5.96. The highest BCUT2D eigenvalue weighted by atomic mass is 16.6. The number of amides is 1. The maximum atomic E-state index is 12.5. The SMILES string of the molecule is CCN(C(=O)OCc1ccccc1)[C@@H]1CCCC[C@H]1NCCO. The number of aliphatic hydroxyl groups excluding tert-OH is 1. The fourth-order valence-electron chi connectivity index (χ4n) is 3.27. The number of likely N-dealkylation sites (N-methyl/N-ethyl adjacent to an activating group) is 1. The normalized spacial score (nSPS) is 21.0. The minimum atomic E-state index is -0.251. The first kappa shape index (κ1) is 17.8. The number of nitrogens with one attached hydrogen (secondary N) is 1. The third-order valence-electron chi connectivity index (χ3n) is 4.43. The van der Waals surface area contributed by atoms with Gasteiger partial charge in [0.25, 0.3) is 0 Å². The highest BCUT2D eigenvalue weighted by molar-refractivity contribution is 5.68. The van der Waals surface area contributed by atoms with Crippen LogP contribution in [0.4, 0.5) is 4.79 Å². The van der Waals surface area contributed by atoms with Crippen LogP contribution < -0.4 is 5.32 Å². The van der Waals surface area contributed by atoms with E-state index in [1.807, 2.05) is 42.2 Å². The Morgan fingerprint density at radius 1 is 1.30 bits per heavy atom. The van der Waals surface area contributed by atoms with Crippen LogP contribution in [0.1, 0.15) is 38.2 Å². The van der Waals surface area contributed by atoms with Crippen molar-refractivity contribution in [3.63, 3.8) is 0 Å². The molecule has 1 aliphatic carbocycles. The van der Waals surface area contributed by atoms with Crippen LogP contribution >= 0.6 is 0 Å². The van der Waals surface area contributed by atoms with Gasteiger partial charge in [0.1, 0.15) is 6.61 Å². The molecule has 0 radical (unpaired) electrons. The molecule has 1 fully saturated rings. The third kappa shape index (κ3) is 5.22. The number of nitrogens with zero attached hydrogens (tertiary/aromatic N) is 1. The van der Waals surface area contributed by atoms with Gasteiger partial charge in [-0.2, -0.15) is 0 Å². The summed E-state index contributed by atoms with van der Waals surface area (Å²) in [6.07, 6.45) is 4.06. The Hall–Kier alpha value is -1.59. The van der Waals surface area contributed by atoms with Crippen LogP contribution in [0.2, 0.25) is 0 Å². The summed E-state index contributed by atoms with van der Waals surface area (Å²) in [6.45, 7) is 3.61. The predicted octanol–water partition coefficient (Wildman–Crippen LogP) is 2.54. The van der Waals surface area contributed by atoms with Crippen molar-refractivity contribution in [2.45, 2.75) is 51.3 Å². The Bertz CT molecular complexity index is 467. The number of aliphatic hydroxyl groups is 1. The lowest BCUT2D eigenvalue weighted by molar-refractivity contribution is 0.0639. The van der Waals surface area contributed by atoms with Crippen molar-refractivity contribution in [3.05, 3.63) is 35.9 Å². The van der Waals surface area contributed by atoms with Gasteiger partial charge in [0.2, 0.25) is 0 Å². The van der Waals surface area contributed by atoms with E-state index in [9.17, 15) is 4.79 Å². The minimum Gasteiger partial charge on any atom is -0.445 e. The van der Waals surface area contributed by atoms with Crippen molar-refractivity contribution in [3.8, 4) is 0 Å². The molecule has 0 bridgehead atoms. The molecule has 0 heterocycles. The number of carbonyl (C=O) groups is 1. The molecule has 2 rings (SSSR count). The Labute approximate surface area is 138 Å². The molecule has 1 aromatic rings. The lowest BCUT2D eigenvalue weighted by Gasteiger charge is -2.39. The van der Waals surface area contributed by atoms with E-state index >= 15 is 0 Å². The summed E-state index contributed by atoms with van der Waals surface area (Å²) in [5, 5.41) is 12.4. The zero-order valence-electron chi connectivity index (χ0n) is 13.9. The lowest BCUT2D eigenvalue weighted by atomic mass is 9.89. The van der Waals surface area contributed by atoms with E-state index in [0.29, 0.717) is 19.7 Å². The van der Waals surface area contributed by atoms with Gasteiger partial charge < -0.3 is 20.1 Å². The predicted molar refractivity (Wildman–Crippen MR) is 90.1 cm³/mol. The molecule has 1 aromatic carbocycles. The third-order valence-corrected chi connectivity index (χ3v) is 4.43. The maximum Gasteiger partial charge on any atom is 0.410 e. The summed E-state index contributed by atoms with van der Waals surface area (Å²) in [4.78, 5) is 14.3. The van der Waals surface area contributed by atoms with Crippen molar-refractivity contribution >= 4 is 6.09 Å². The highest BCUT2D eigenvalue weighted by Gasteiger charge is 2.32. The molecule has 5 heteroatoms. The summed E-state index contributed by atoms with van der Waals surface area (Å²) >= 11 is 0. The first-order chi connectivity index (χ1) is 11.3. The molecule has 23 heavy (non-hydrogen) atoms. The molecular weight excluding hydrogens is 292 g/mol. The van der Waals surface area contributed by atoms with Gasteiger partial charge in [0.05, 0.1) is 12.6 Å². The number of hydrogen-bond donors (Lipinski definition) is 2. The molecule has 1 aliphatic rings. The molecule has 0 spiro atoms. The lowest BCUT2D eigenvalue weighted by Crippen LogP contribution is -2.54. The largest absolute Gasteiger partial charge is 0.445 e. The van der Waals surface area contributed by atoms with E-state index in [2.05, 4.69) is 5.32 Å². The number of rotatable bonds is 7. The molecule has 5 nitrogen and oxygen atoms in total. The monoisotopic (exact) mass is 320 g/mol. The van der Waals surface area contributed by atoms with Crippen molar-refractivity contribution in [2.24, 2.45) is 0 Å². The molecule has 0 aliphatic heterocycles. The quantitative estimate of drug-likeness (QED) is 0.810. The molecule has 1 amide bonds. The van der Waals surface area contributed by atoms with Crippen LogP contribution in [0.15, 0.2) is 30.3 Å². The first-order valence-corrected chi connectivity index (χ1v) is 8.57. The maximum absolute atomic E-state index is 12.5. The molecule has 0 aromatic heterocycles. The van der Waals surface area contributed by atoms with Gasteiger partial charge in [-0.25, -0.2) is 4.79 Å². The Morgan fingerprint density at radius 2 is 2.04 bits per heavy atom. The average molecular weight is 320 g/mol. The van der Waals surface area contributed by atoms with E-state index in [4.69, 9.17) is 9.84 Å². The van der Waals surface area contributed by atoms with Gasteiger partial charge in [-0.15, -0.1) is 0 Å². The van der Waals surface area contributed by atoms with Gasteiger partial charge >= 0.3 is 6.09 Å². The number of hydrogen-bond acceptors (Lipinski definition) is 4. The summed E-state index contributed by atoms with van der Waals surface area (Å²) < 4.78 is 5.50. The Kier molecular flexibility index (Phi) is 7.36. The zero-order valence-corrected chi connectivity index (χ0v) is 13.9. The van der Waals surface area contributed by atoms with E-state index in [-0.39, 0.29) is 24.8 Å². The fourth-order valence-corrected chi connectivity index (χ4v) is 3.27. The number of carbonyl (C=O) groups excluding carboxylic acids is 1. The van der Waals surface area contributed by atoms with Gasteiger partial charge in [0, 0.05) is 19.1 Å². The molecule has 0 saturated heterocycles. The highest BCUT2D eigenvalue weighted by Crippen LogP contribution is 2.24. The van der Waals surface area contributed by atoms with Crippen LogP contribution in [-0.4, -0.2) is 47.9 Å². The molecule has 1 saturated carbocycles. The second-order valence-corrected chi connectivity index (χ2v) is 5.96. The van der Waals surface area contributed by atoms with E-state index in [0.717, 1.165) is 31.2 Å². The Balaban J connectivity index is 1.94. The minimum absolute atomic E-state index is 0.119. The van der Waals surface area contributed by atoms with Crippen LogP contribution in [0, 0.1) is 0 Å². The molecule has 128 valence electrons. The standard InChI is InChI=1S/C18H28N2O3/c1-2-20(17-11-7-6-10-16(17)19-12-13-21)18(22)23-14-15-8-4-3-5-9-15/h3-5,8-9,16-17,19,21H,2,6-7,10-14H2,1H3/t16-,17-/m1/s1. The number of ether oxygens (including phenoxy) is 1. The number of benzene rings is 1. The fraction of sp³-hybridized carbons (Fsp3) is 0.611. The Morgan fingerprint density at radius 3 is 2.74 bits per heavy atom. The molecule has 2 N–H and O–H groups in total. The van der Waals surface area contributed by atoms with Crippen LogP contribution in [0.25, 0.3) is 0 Å². The molecule has 0 unspecified atom stereocenters. The smallest absolute Gasteiger partial charge is 0.410 e. The first-order valence-electron chi connectivity index (χ1n) is 8.57. The van der Waals surface area contributed by atoms with Crippen molar-refractivity contribution in [2.75, 3.05) is 19.7 Å². The van der Waals surface area contributed by atoms with Gasteiger partial charge in [-0.05, 0) is 25.3 Å². The summed E-state index contributed by atoms with van der Waals surface area (Å²) in [7, 11) is 0. The topological polar surface area (TPSA) is 61.8 Å². The summed E-state index contributed by atoms with van der Waals surface area (Å²) in [5.74, 6) is 0. The van der Waals surface area contributed by atoms with Gasteiger partial charge in [-0.1, -0.05) is 43.2 Å². The zero-order chi connectivity index (χ0) is 16.5. The van der Waals surface area contributed by atoms with Crippen LogP contribution in [0.5, 0.6) is 0 Å². The second kappa shape index (κ2) is 9.53. The van der Waals surface area contributed by atoms with Gasteiger partial charge in [-0.3, -0.25) is 0 Å². The summed E-state index contributed by atoms with van der Waals surface area (Å²) in [5.41, 5.74) is 0.996. The van der Waals surface area contributed by atoms with Crippen LogP contribution in [-0.2, 0) is 11.3 Å². The van der Waals surface area contributed by atoms with Crippen molar-refractivity contribution in [1.29, 1.82) is 0 Å². The molecule has 2 atom stereocenters. The van der Waals surface area contributed by atoms with E-state index in [1.165, 1.54) is 0 Å². The van der Waals surface area contributed by atoms with E-state index < -0.39 is 0 Å². The average Bonchev–Trinajstić information content (AvgIpc) is 2.60. The van der Waals surface area contributed by atoms with Crippen molar-refractivity contribution < 1.29 is 14.6 Å². The van der Waals surface area contributed by atoms with Gasteiger partial charge in [0.15, 0.2) is 0 Å². The molecular formula is C18H28N2O3. The summed E-state index contributed by atoms with van der Waals surface area (Å²) in [6, 6.07) is 10.1. The van der Waals surface area contributed by atoms with Crippen molar-refractivity contribution in [1.82, 2.24) is 10.2 Å².